The van der Waals surface area contributed by atoms with Crippen molar-refractivity contribution in [2.45, 2.75) is 31.3 Å². The normalized spacial score (nSPS) is 11.9. The van der Waals surface area contributed by atoms with Gasteiger partial charge in [-0.25, -0.2) is 8.42 Å². The van der Waals surface area contributed by atoms with Gasteiger partial charge in [0, 0.05) is 18.1 Å². The molecule has 3 aromatic carbocycles. The third kappa shape index (κ3) is 6.81. The van der Waals surface area contributed by atoms with Crippen molar-refractivity contribution in [3.63, 3.8) is 0 Å². The number of halogens is 1. The summed E-state index contributed by atoms with van der Waals surface area (Å²) in [5.41, 5.74) is 0.905. The molecule has 37 heavy (non-hydrogen) atoms. The van der Waals surface area contributed by atoms with Crippen LogP contribution in [-0.4, -0.2) is 51.4 Å². The first-order valence-electron chi connectivity index (χ1n) is 11.7. The van der Waals surface area contributed by atoms with Crippen molar-refractivity contribution in [2.75, 3.05) is 24.5 Å². The standard InChI is InChI=1S/C27H30ClN3O5S/c1-4-29-27(33)20(2)30(18-21-11-7-5-8-12-21)26(32)19-31(24-17-22(28)15-16-25(24)36-3)37(34,35)23-13-9-6-10-14-23/h5-17,20H,4,18-19H2,1-3H3,(H,29,33). The zero-order chi connectivity index (χ0) is 27.0. The van der Waals surface area contributed by atoms with Gasteiger partial charge in [-0.1, -0.05) is 60.1 Å². The van der Waals surface area contributed by atoms with E-state index in [1.54, 1.807) is 38.1 Å². The van der Waals surface area contributed by atoms with E-state index in [4.69, 9.17) is 16.3 Å². The van der Waals surface area contributed by atoms with Gasteiger partial charge in [0.1, 0.15) is 18.3 Å². The van der Waals surface area contributed by atoms with E-state index in [0.717, 1.165) is 9.87 Å². The predicted molar refractivity (Wildman–Crippen MR) is 144 cm³/mol. The molecule has 3 rings (SSSR count). The van der Waals surface area contributed by atoms with E-state index in [-0.39, 0.29) is 33.8 Å². The number of nitrogens with one attached hydrogen (secondary N) is 1. The van der Waals surface area contributed by atoms with Crippen molar-refractivity contribution in [1.82, 2.24) is 10.2 Å². The molecule has 0 heterocycles. The quantitative estimate of drug-likeness (QED) is 0.393. The van der Waals surface area contributed by atoms with Gasteiger partial charge in [0.05, 0.1) is 17.7 Å². The summed E-state index contributed by atoms with van der Waals surface area (Å²) in [6, 6.07) is 20.7. The summed E-state index contributed by atoms with van der Waals surface area (Å²) in [5, 5.41) is 3.00. The Labute approximate surface area is 222 Å². The largest absolute Gasteiger partial charge is 0.495 e. The first-order valence-corrected chi connectivity index (χ1v) is 13.5. The molecule has 1 N–H and O–H groups in total. The number of anilines is 1. The second kappa shape index (κ2) is 12.6. The van der Waals surface area contributed by atoms with Gasteiger partial charge in [-0.15, -0.1) is 0 Å². The highest BCUT2D eigenvalue weighted by atomic mass is 35.5. The molecule has 0 saturated carbocycles. The van der Waals surface area contributed by atoms with Gasteiger partial charge in [-0.05, 0) is 49.7 Å². The zero-order valence-corrected chi connectivity index (χ0v) is 22.5. The molecule has 3 aromatic rings. The van der Waals surface area contributed by atoms with E-state index in [0.29, 0.717) is 6.54 Å². The van der Waals surface area contributed by atoms with Crippen molar-refractivity contribution < 1.29 is 22.7 Å². The van der Waals surface area contributed by atoms with Gasteiger partial charge in [-0.2, -0.15) is 0 Å². The van der Waals surface area contributed by atoms with E-state index in [2.05, 4.69) is 5.32 Å². The minimum absolute atomic E-state index is 0.00351. The van der Waals surface area contributed by atoms with Crippen LogP contribution in [0.3, 0.4) is 0 Å². The maximum atomic E-state index is 13.8. The van der Waals surface area contributed by atoms with E-state index in [9.17, 15) is 18.0 Å². The number of amides is 2. The molecule has 0 aliphatic carbocycles. The Bertz CT molecular complexity index is 1320. The monoisotopic (exact) mass is 543 g/mol. The molecule has 0 spiro atoms. The molecule has 0 radical (unpaired) electrons. The van der Waals surface area contributed by atoms with Crippen molar-refractivity contribution >= 4 is 39.1 Å². The Morgan fingerprint density at radius 3 is 2.22 bits per heavy atom. The number of nitrogens with zero attached hydrogens (tertiary/aromatic N) is 2. The fourth-order valence-electron chi connectivity index (χ4n) is 3.78. The molecule has 0 aliphatic heterocycles. The molecular formula is C27H30ClN3O5S. The summed E-state index contributed by atoms with van der Waals surface area (Å²) in [4.78, 5) is 27.9. The number of rotatable bonds is 11. The van der Waals surface area contributed by atoms with Crippen molar-refractivity contribution in [1.29, 1.82) is 0 Å². The number of methoxy groups -OCH3 is 1. The molecule has 0 fully saturated rings. The summed E-state index contributed by atoms with van der Waals surface area (Å²) in [5.74, 6) is -0.684. The van der Waals surface area contributed by atoms with Crippen LogP contribution in [0.1, 0.15) is 19.4 Å². The number of carbonyl (C=O) groups excluding carboxylic acids is 2. The Morgan fingerprint density at radius 1 is 1.00 bits per heavy atom. The maximum Gasteiger partial charge on any atom is 0.264 e. The second-order valence-electron chi connectivity index (χ2n) is 8.22. The van der Waals surface area contributed by atoms with Gasteiger partial charge in [-0.3, -0.25) is 13.9 Å². The molecule has 196 valence electrons. The summed E-state index contributed by atoms with van der Waals surface area (Å²) in [6.07, 6.45) is 0. The highest BCUT2D eigenvalue weighted by molar-refractivity contribution is 7.92. The molecule has 0 saturated heterocycles. The number of carbonyl (C=O) groups is 2. The van der Waals surface area contributed by atoms with Crippen LogP contribution in [0.15, 0.2) is 83.8 Å². The lowest BCUT2D eigenvalue weighted by Gasteiger charge is -2.32. The maximum absolute atomic E-state index is 13.8. The van der Waals surface area contributed by atoms with Crippen LogP contribution < -0.4 is 14.4 Å². The van der Waals surface area contributed by atoms with Gasteiger partial charge < -0.3 is 15.0 Å². The minimum atomic E-state index is -4.21. The molecule has 0 aliphatic rings. The Hall–Kier alpha value is -3.56. The van der Waals surface area contributed by atoms with Gasteiger partial charge >= 0.3 is 0 Å². The van der Waals surface area contributed by atoms with Gasteiger partial charge in [0.25, 0.3) is 10.0 Å². The number of likely N-dealkylation sites (N-methyl/N-ethyl adjacent to an activating group) is 1. The molecule has 8 nitrogen and oxygen atoms in total. The molecule has 2 amide bonds. The fourth-order valence-corrected chi connectivity index (χ4v) is 5.38. The molecule has 0 bridgehead atoms. The smallest absolute Gasteiger partial charge is 0.264 e. The molecular weight excluding hydrogens is 514 g/mol. The number of benzene rings is 3. The number of sulfonamides is 1. The Kier molecular flexibility index (Phi) is 9.54. The zero-order valence-electron chi connectivity index (χ0n) is 20.9. The van der Waals surface area contributed by atoms with E-state index in [1.807, 2.05) is 30.3 Å². The van der Waals surface area contributed by atoms with Crippen LogP contribution >= 0.6 is 11.6 Å². The Balaban J connectivity index is 2.08. The molecule has 0 aromatic heterocycles. The fraction of sp³-hybridized carbons (Fsp3) is 0.259. The lowest BCUT2D eigenvalue weighted by atomic mass is 10.1. The molecule has 10 heteroatoms. The van der Waals surface area contributed by atoms with Crippen molar-refractivity contribution in [3.05, 3.63) is 89.4 Å². The van der Waals surface area contributed by atoms with Crippen LogP contribution in [0.2, 0.25) is 5.02 Å². The van der Waals surface area contributed by atoms with Gasteiger partial charge in [0.2, 0.25) is 11.8 Å². The van der Waals surface area contributed by atoms with E-state index >= 15 is 0 Å². The number of hydrogen-bond acceptors (Lipinski definition) is 5. The predicted octanol–water partition coefficient (Wildman–Crippen LogP) is 4.10. The SMILES string of the molecule is CCNC(=O)C(C)N(Cc1ccccc1)C(=O)CN(c1cc(Cl)ccc1OC)S(=O)(=O)c1ccccc1. The highest BCUT2D eigenvalue weighted by Gasteiger charge is 2.33. The van der Waals surface area contributed by atoms with Crippen LogP contribution in [0, 0.1) is 0 Å². The van der Waals surface area contributed by atoms with Crippen LogP contribution in [-0.2, 0) is 26.2 Å². The second-order valence-corrected chi connectivity index (χ2v) is 10.5. The third-order valence-electron chi connectivity index (χ3n) is 5.73. The van der Waals surface area contributed by atoms with E-state index < -0.39 is 28.5 Å². The summed E-state index contributed by atoms with van der Waals surface area (Å²) in [7, 11) is -2.81. The summed E-state index contributed by atoms with van der Waals surface area (Å²) >= 11 is 6.22. The lowest BCUT2D eigenvalue weighted by molar-refractivity contribution is -0.139. The summed E-state index contributed by atoms with van der Waals surface area (Å²) in [6.45, 7) is 3.33. The number of ether oxygens (including phenoxy) is 1. The van der Waals surface area contributed by atoms with Crippen molar-refractivity contribution in [3.8, 4) is 5.75 Å². The topological polar surface area (TPSA) is 96.0 Å². The van der Waals surface area contributed by atoms with Crippen LogP contribution in [0.4, 0.5) is 5.69 Å². The van der Waals surface area contributed by atoms with Crippen LogP contribution in [0.25, 0.3) is 0 Å². The van der Waals surface area contributed by atoms with E-state index in [1.165, 1.54) is 36.3 Å². The third-order valence-corrected chi connectivity index (χ3v) is 7.74. The minimum Gasteiger partial charge on any atom is -0.495 e. The molecule has 1 unspecified atom stereocenters. The van der Waals surface area contributed by atoms with Crippen molar-refractivity contribution in [2.24, 2.45) is 0 Å². The van der Waals surface area contributed by atoms with Crippen LogP contribution in [0.5, 0.6) is 5.75 Å². The highest BCUT2D eigenvalue weighted by Crippen LogP contribution is 2.35. The average molecular weight is 544 g/mol. The van der Waals surface area contributed by atoms with Gasteiger partial charge in [0.15, 0.2) is 0 Å². The Morgan fingerprint density at radius 2 is 1.62 bits per heavy atom. The summed E-state index contributed by atoms with van der Waals surface area (Å²) < 4.78 is 34.0. The number of hydrogen-bond donors (Lipinski definition) is 1. The average Bonchev–Trinajstić information content (AvgIpc) is 2.91. The lowest BCUT2D eigenvalue weighted by Crippen LogP contribution is -2.51. The molecule has 1 atom stereocenters. The first kappa shape index (κ1) is 28.0. The first-order chi connectivity index (χ1) is 17.7.